The number of nitrogens with zero attached hydrogens (tertiary/aromatic N) is 3. The van der Waals surface area contributed by atoms with Crippen LogP contribution in [-0.2, 0) is 6.54 Å². The summed E-state index contributed by atoms with van der Waals surface area (Å²) in [6.07, 6.45) is 7.36. The van der Waals surface area contributed by atoms with Crippen molar-refractivity contribution >= 4 is 45.5 Å². The maximum Gasteiger partial charge on any atom is 0.253 e. The third kappa shape index (κ3) is 5.05. The van der Waals surface area contributed by atoms with Gasteiger partial charge >= 0.3 is 0 Å². The summed E-state index contributed by atoms with van der Waals surface area (Å²) >= 11 is 12.7. The van der Waals surface area contributed by atoms with Crippen LogP contribution in [-0.4, -0.2) is 48.3 Å². The van der Waals surface area contributed by atoms with Crippen LogP contribution >= 0.6 is 23.2 Å². The van der Waals surface area contributed by atoms with E-state index < -0.39 is 0 Å². The molecule has 1 N–H and O–H groups in total. The van der Waals surface area contributed by atoms with E-state index in [0.29, 0.717) is 51.5 Å². The van der Waals surface area contributed by atoms with Crippen molar-refractivity contribution in [1.29, 1.82) is 0 Å². The third-order valence-corrected chi connectivity index (χ3v) is 6.45. The SMILES string of the molecule is COc1ccc2c(Nc3c(Cl)cncc3Cl)cc(=O)n(CCN(C)C)c2c1OC1CCCC1. The predicted octanol–water partition coefficient (Wildman–Crippen LogP) is 5.34. The molecule has 7 nitrogen and oxygen atoms in total. The molecule has 0 amide bonds. The summed E-state index contributed by atoms with van der Waals surface area (Å²) in [6.45, 7) is 1.21. The van der Waals surface area contributed by atoms with Crippen LogP contribution in [0.25, 0.3) is 10.9 Å². The minimum atomic E-state index is -0.155. The maximum absolute atomic E-state index is 13.3. The topological polar surface area (TPSA) is 68.6 Å². The molecule has 176 valence electrons. The number of hydrogen-bond acceptors (Lipinski definition) is 6. The molecule has 3 aromatic rings. The quantitative estimate of drug-likeness (QED) is 0.459. The predicted molar refractivity (Wildman–Crippen MR) is 134 cm³/mol. The molecule has 2 aromatic heterocycles. The van der Waals surface area contributed by atoms with Crippen molar-refractivity contribution in [2.45, 2.75) is 38.3 Å². The zero-order chi connectivity index (χ0) is 23.5. The van der Waals surface area contributed by atoms with Gasteiger partial charge in [0.1, 0.15) is 0 Å². The van der Waals surface area contributed by atoms with E-state index in [9.17, 15) is 4.79 Å². The summed E-state index contributed by atoms with van der Waals surface area (Å²) < 4.78 is 13.9. The molecule has 0 aliphatic heterocycles. The number of ether oxygens (including phenoxy) is 2. The molecular formula is C24H28Cl2N4O3. The fraction of sp³-hybridized carbons (Fsp3) is 0.417. The monoisotopic (exact) mass is 490 g/mol. The first-order valence-corrected chi connectivity index (χ1v) is 11.8. The fourth-order valence-corrected chi connectivity index (χ4v) is 4.62. The molecule has 0 bridgehead atoms. The average Bonchev–Trinajstić information content (AvgIpc) is 3.29. The second-order valence-corrected chi connectivity index (χ2v) is 9.29. The molecule has 1 fully saturated rings. The third-order valence-electron chi connectivity index (χ3n) is 5.88. The van der Waals surface area contributed by atoms with Crippen LogP contribution in [0.2, 0.25) is 10.0 Å². The van der Waals surface area contributed by atoms with Crippen LogP contribution < -0.4 is 20.3 Å². The van der Waals surface area contributed by atoms with Gasteiger partial charge in [0.2, 0.25) is 0 Å². The molecule has 33 heavy (non-hydrogen) atoms. The van der Waals surface area contributed by atoms with E-state index in [1.54, 1.807) is 17.7 Å². The Hall–Kier alpha value is -2.48. The van der Waals surface area contributed by atoms with Gasteiger partial charge in [-0.15, -0.1) is 0 Å². The standard InChI is InChI=1S/C24H28Cl2N4O3/c1-29(2)10-11-30-21(31)12-19(28-22-17(25)13-27-14-18(22)26)16-8-9-20(32-3)24(23(16)30)33-15-6-4-5-7-15/h8-9,12-15H,4-7,10-11H2,1-3H3,(H,27,28). The van der Waals surface area contributed by atoms with Gasteiger partial charge in [0, 0.05) is 36.9 Å². The number of halogens is 2. The minimum absolute atomic E-state index is 0.0996. The molecule has 1 aromatic carbocycles. The van der Waals surface area contributed by atoms with Gasteiger partial charge in [0.05, 0.1) is 40.2 Å². The van der Waals surface area contributed by atoms with Crippen molar-refractivity contribution in [2.75, 3.05) is 33.1 Å². The molecule has 0 radical (unpaired) electrons. The van der Waals surface area contributed by atoms with Crippen molar-refractivity contribution in [1.82, 2.24) is 14.5 Å². The number of methoxy groups -OCH3 is 1. The molecule has 2 heterocycles. The second-order valence-electron chi connectivity index (χ2n) is 8.47. The lowest BCUT2D eigenvalue weighted by molar-refractivity contribution is 0.202. The highest BCUT2D eigenvalue weighted by atomic mass is 35.5. The Morgan fingerprint density at radius 1 is 1.18 bits per heavy atom. The molecule has 0 unspecified atom stereocenters. The second kappa shape index (κ2) is 10.2. The van der Waals surface area contributed by atoms with Gasteiger partial charge in [-0.1, -0.05) is 23.2 Å². The molecule has 4 rings (SSSR count). The number of likely N-dealkylation sites (N-methyl/N-ethyl adjacent to an activating group) is 1. The average molecular weight is 491 g/mol. The van der Waals surface area contributed by atoms with Gasteiger partial charge in [0.15, 0.2) is 11.5 Å². The van der Waals surface area contributed by atoms with Crippen LogP contribution in [0.1, 0.15) is 25.7 Å². The highest BCUT2D eigenvalue weighted by Gasteiger charge is 2.24. The van der Waals surface area contributed by atoms with Crippen molar-refractivity contribution < 1.29 is 9.47 Å². The van der Waals surface area contributed by atoms with Crippen molar-refractivity contribution in [3.05, 3.63) is 51.0 Å². The number of fused-ring (bicyclic) bond motifs is 1. The number of benzene rings is 1. The summed E-state index contributed by atoms with van der Waals surface area (Å²) in [5.74, 6) is 1.19. The fourth-order valence-electron chi connectivity index (χ4n) is 4.17. The Morgan fingerprint density at radius 3 is 2.52 bits per heavy atom. The van der Waals surface area contributed by atoms with E-state index in [-0.39, 0.29) is 11.7 Å². The summed E-state index contributed by atoms with van der Waals surface area (Å²) in [4.78, 5) is 19.4. The molecule has 0 spiro atoms. The zero-order valence-electron chi connectivity index (χ0n) is 19.0. The van der Waals surface area contributed by atoms with E-state index in [1.807, 2.05) is 31.1 Å². The highest BCUT2D eigenvalue weighted by Crippen LogP contribution is 2.41. The molecule has 0 saturated heterocycles. The number of hydrogen-bond donors (Lipinski definition) is 1. The van der Waals surface area contributed by atoms with Gasteiger partial charge in [-0.3, -0.25) is 9.78 Å². The molecule has 1 aliphatic rings. The van der Waals surface area contributed by atoms with E-state index >= 15 is 0 Å². The summed E-state index contributed by atoms with van der Waals surface area (Å²) in [5.41, 5.74) is 1.62. The lowest BCUT2D eigenvalue weighted by Crippen LogP contribution is -2.27. The van der Waals surface area contributed by atoms with Crippen molar-refractivity contribution in [3.63, 3.8) is 0 Å². The number of rotatable bonds is 8. The lowest BCUT2D eigenvalue weighted by Gasteiger charge is -2.23. The molecule has 0 atom stereocenters. The first-order chi connectivity index (χ1) is 15.9. The lowest BCUT2D eigenvalue weighted by atomic mass is 10.1. The van der Waals surface area contributed by atoms with Crippen LogP contribution in [0.4, 0.5) is 11.4 Å². The van der Waals surface area contributed by atoms with Gasteiger partial charge < -0.3 is 24.3 Å². The van der Waals surface area contributed by atoms with Gasteiger partial charge in [-0.05, 0) is 51.9 Å². The van der Waals surface area contributed by atoms with Crippen LogP contribution in [0, 0.1) is 0 Å². The number of nitrogens with one attached hydrogen (secondary N) is 1. The highest BCUT2D eigenvalue weighted by molar-refractivity contribution is 6.39. The Kier molecular flexibility index (Phi) is 7.32. The normalized spacial score (nSPS) is 14.2. The zero-order valence-corrected chi connectivity index (χ0v) is 20.5. The van der Waals surface area contributed by atoms with Gasteiger partial charge in [-0.25, -0.2) is 0 Å². The van der Waals surface area contributed by atoms with Gasteiger partial charge in [-0.2, -0.15) is 0 Å². The Bertz CT molecular complexity index is 1190. The molecular weight excluding hydrogens is 463 g/mol. The number of pyridine rings is 2. The first-order valence-electron chi connectivity index (χ1n) is 11.0. The van der Waals surface area contributed by atoms with E-state index in [0.717, 1.165) is 31.1 Å². The molecule has 1 aliphatic carbocycles. The summed E-state index contributed by atoms with van der Waals surface area (Å²) in [6, 6.07) is 5.36. The van der Waals surface area contributed by atoms with E-state index in [2.05, 4.69) is 10.3 Å². The summed E-state index contributed by atoms with van der Waals surface area (Å²) in [7, 11) is 5.57. The smallest absolute Gasteiger partial charge is 0.253 e. The van der Waals surface area contributed by atoms with E-state index in [4.69, 9.17) is 32.7 Å². The van der Waals surface area contributed by atoms with Crippen LogP contribution in [0.5, 0.6) is 11.5 Å². The summed E-state index contributed by atoms with van der Waals surface area (Å²) in [5, 5.41) is 4.79. The van der Waals surface area contributed by atoms with Crippen LogP contribution in [0.3, 0.4) is 0 Å². The maximum atomic E-state index is 13.3. The Morgan fingerprint density at radius 2 is 1.88 bits per heavy atom. The Labute approximate surface area is 203 Å². The molecule has 9 heteroatoms. The van der Waals surface area contributed by atoms with Gasteiger partial charge in [0.25, 0.3) is 5.56 Å². The van der Waals surface area contributed by atoms with E-state index in [1.165, 1.54) is 12.4 Å². The van der Waals surface area contributed by atoms with Crippen LogP contribution in [0.15, 0.2) is 35.4 Å². The largest absolute Gasteiger partial charge is 0.493 e. The number of aromatic nitrogens is 2. The van der Waals surface area contributed by atoms with Crippen molar-refractivity contribution in [3.8, 4) is 11.5 Å². The Balaban J connectivity index is 1.93. The minimum Gasteiger partial charge on any atom is -0.493 e. The van der Waals surface area contributed by atoms with Crippen molar-refractivity contribution in [2.24, 2.45) is 0 Å². The first kappa shape index (κ1) is 23.7. The molecule has 1 saturated carbocycles. The number of anilines is 2.